The summed E-state index contributed by atoms with van der Waals surface area (Å²) in [5, 5.41) is 10.4. The topological polar surface area (TPSA) is 20.2 Å². The van der Waals surface area contributed by atoms with Gasteiger partial charge in [-0.25, -0.2) is 0 Å². The molecule has 1 atom stereocenters. The first-order valence-corrected chi connectivity index (χ1v) is 7.60. The van der Waals surface area contributed by atoms with Crippen LogP contribution >= 0.6 is 43.2 Å². The maximum atomic E-state index is 10.4. The number of benzene rings is 1. The number of aryl methyl sites for hydroxylation is 1. The van der Waals surface area contributed by atoms with Crippen molar-refractivity contribution in [1.29, 1.82) is 0 Å². The molecule has 90 valence electrons. The molecule has 0 fully saturated rings. The molecule has 0 radical (unpaired) electrons. The van der Waals surface area contributed by atoms with Gasteiger partial charge in [0.1, 0.15) is 6.10 Å². The van der Waals surface area contributed by atoms with Crippen LogP contribution in [0.2, 0.25) is 0 Å². The Kier molecular flexibility index (Phi) is 4.08. The Labute approximate surface area is 122 Å². The molecule has 1 unspecified atom stereocenters. The van der Waals surface area contributed by atoms with Crippen molar-refractivity contribution in [2.24, 2.45) is 0 Å². The van der Waals surface area contributed by atoms with Gasteiger partial charge in [0.05, 0.1) is 0 Å². The van der Waals surface area contributed by atoms with E-state index in [0.717, 1.165) is 24.9 Å². The van der Waals surface area contributed by atoms with Gasteiger partial charge in [-0.2, -0.15) is 0 Å². The summed E-state index contributed by atoms with van der Waals surface area (Å²) in [6, 6.07) is 7.89. The Balaban J connectivity index is 2.43. The molecular formula is C13H12Br2OS. The molecule has 2 rings (SSSR count). The number of hydrogen-bond donors (Lipinski definition) is 1. The predicted octanol–water partition coefficient (Wildman–Crippen LogP) is 4.97. The van der Waals surface area contributed by atoms with E-state index in [1.165, 1.54) is 4.88 Å². The van der Waals surface area contributed by atoms with Crippen molar-refractivity contribution in [1.82, 2.24) is 0 Å². The van der Waals surface area contributed by atoms with E-state index in [0.29, 0.717) is 0 Å². The molecule has 2 aromatic rings. The van der Waals surface area contributed by atoms with Crippen molar-refractivity contribution in [3.05, 3.63) is 54.1 Å². The van der Waals surface area contributed by atoms with Crippen molar-refractivity contribution < 1.29 is 5.11 Å². The zero-order valence-corrected chi connectivity index (χ0v) is 13.5. The first-order valence-electron chi connectivity index (χ1n) is 5.19. The predicted molar refractivity (Wildman–Crippen MR) is 79.7 cm³/mol. The van der Waals surface area contributed by atoms with E-state index >= 15 is 0 Å². The van der Waals surface area contributed by atoms with Gasteiger partial charge in [0.25, 0.3) is 0 Å². The van der Waals surface area contributed by atoms with Crippen molar-refractivity contribution in [3.63, 3.8) is 0 Å². The van der Waals surface area contributed by atoms with E-state index in [-0.39, 0.29) is 0 Å². The minimum absolute atomic E-state index is 0.553. The highest BCUT2D eigenvalue weighted by Crippen LogP contribution is 2.35. The largest absolute Gasteiger partial charge is 0.383 e. The number of rotatable bonds is 2. The highest BCUT2D eigenvalue weighted by atomic mass is 79.9. The highest BCUT2D eigenvalue weighted by molar-refractivity contribution is 9.10. The fraction of sp³-hybridized carbons (Fsp3) is 0.231. The summed E-state index contributed by atoms with van der Waals surface area (Å²) < 4.78 is 2.09. The smallest absolute Gasteiger partial charge is 0.114 e. The van der Waals surface area contributed by atoms with E-state index in [2.05, 4.69) is 31.9 Å². The van der Waals surface area contributed by atoms with E-state index in [9.17, 15) is 5.11 Å². The van der Waals surface area contributed by atoms with E-state index < -0.39 is 6.10 Å². The Morgan fingerprint density at radius 3 is 2.47 bits per heavy atom. The van der Waals surface area contributed by atoms with Gasteiger partial charge in [0, 0.05) is 18.7 Å². The van der Waals surface area contributed by atoms with Crippen molar-refractivity contribution in [3.8, 4) is 0 Å². The first kappa shape index (κ1) is 13.3. The van der Waals surface area contributed by atoms with Crippen LogP contribution in [0.5, 0.6) is 0 Å². The summed E-state index contributed by atoms with van der Waals surface area (Å²) in [6.07, 6.45) is -0.553. The molecule has 1 aromatic carbocycles. The second kappa shape index (κ2) is 5.22. The van der Waals surface area contributed by atoms with Gasteiger partial charge in [-0.15, -0.1) is 11.3 Å². The molecule has 0 bridgehead atoms. The fourth-order valence-electron chi connectivity index (χ4n) is 1.69. The van der Waals surface area contributed by atoms with Gasteiger partial charge in [-0.05, 0) is 53.0 Å². The quantitative estimate of drug-likeness (QED) is 0.785. The van der Waals surface area contributed by atoms with Crippen LogP contribution in [-0.2, 0) is 0 Å². The van der Waals surface area contributed by atoms with Crippen LogP contribution in [0.3, 0.4) is 0 Å². The van der Waals surface area contributed by atoms with Crippen LogP contribution in [0, 0.1) is 13.8 Å². The van der Waals surface area contributed by atoms with E-state index in [1.807, 2.05) is 38.1 Å². The van der Waals surface area contributed by atoms with Crippen molar-refractivity contribution in [2.45, 2.75) is 20.0 Å². The minimum atomic E-state index is -0.553. The molecule has 0 aliphatic carbocycles. The number of aliphatic hydroxyl groups is 1. The molecule has 4 heteroatoms. The second-order valence-corrected chi connectivity index (χ2v) is 6.91. The SMILES string of the molecule is Cc1sc(C(O)c2cccc(Br)c2C)cc1Br. The Bertz CT molecular complexity index is 529. The maximum Gasteiger partial charge on any atom is 0.114 e. The second-order valence-electron chi connectivity index (χ2n) is 3.91. The van der Waals surface area contributed by atoms with Crippen LogP contribution in [0.1, 0.15) is 27.0 Å². The minimum Gasteiger partial charge on any atom is -0.383 e. The molecule has 1 N–H and O–H groups in total. The summed E-state index contributed by atoms with van der Waals surface area (Å²) >= 11 is 8.59. The van der Waals surface area contributed by atoms with Gasteiger partial charge in [0.2, 0.25) is 0 Å². The Morgan fingerprint density at radius 2 is 1.88 bits per heavy atom. The normalized spacial score (nSPS) is 12.8. The molecule has 0 amide bonds. The lowest BCUT2D eigenvalue weighted by molar-refractivity contribution is 0.223. The lowest BCUT2D eigenvalue weighted by atomic mass is 10.0. The molecule has 0 spiro atoms. The maximum absolute atomic E-state index is 10.4. The lowest BCUT2D eigenvalue weighted by Gasteiger charge is -2.13. The molecule has 0 aliphatic heterocycles. The monoisotopic (exact) mass is 374 g/mol. The van der Waals surface area contributed by atoms with Crippen molar-refractivity contribution >= 4 is 43.2 Å². The van der Waals surface area contributed by atoms with Gasteiger partial charge >= 0.3 is 0 Å². The molecule has 1 aromatic heterocycles. The molecule has 0 saturated carbocycles. The van der Waals surface area contributed by atoms with Crippen molar-refractivity contribution in [2.75, 3.05) is 0 Å². The number of aliphatic hydroxyl groups excluding tert-OH is 1. The summed E-state index contributed by atoms with van der Waals surface area (Å²) in [5.41, 5.74) is 2.04. The number of hydrogen-bond acceptors (Lipinski definition) is 2. The molecule has 17 heavy (non-hydrogen) atoms. The third-order valence-corrected chi connectivity index (χ3v) is 5.80. The van der Waals surface area contributed by atoms with Crippen LogP contribution < -0.4 is 0 Å². The Morgan fingerprint density at radius 1 is 1.18 bits per heavy atom. The molecule has 1 heterocycles. The average Bonchev–Trinajstić information content (AvgIpc) is 2.62. The lowest BCUT2D eigenvalue weighted by Crippen LogP contribution is -2.00. The number of thiophene rings is 1. The summed E-state index contributed by atoms with van der Waals surface area (Å²) in [6.45, 7) is 4.05. The molecule has 0 saturated heterocycles. The first-order chi connectivity index (χ1) is 8.00. The third-order valence-electron chi connectivity index (χ3n) is 2.75. The molecule has 1 nitrogen and oxygen atoms in total. The number of halogens is 2. The van der Waals surface area contributed by atoms with Gasteiger partial charge in [0.15, 0.2) is 0 Å². The molecule has 0 aliphatic rings. The van der Waals surface area contributed by atoms with Crippen LogP contribution in [-0.4, -0.2) is 5.11 Å². The average molecular weight is 376 g/mol. The zero-order valence-electron chi connectivity index (χ0n) is 9.50. The summed E-state index contributed by atoms with van der Waals surface area (Å²) in [5.74, 6) is 0. The van der Waals surface area contributed by atoms with Gasteiger partial charge in [-0.1, -0.05) is 28.1 Å². The molecular weight excluding hydrogens is 364 g/mol. The summed E-state index contributed by atoms with van der Waals surface area (Å²) in [7, 11) is 0. The van der Waals surface area contributed by atoms with Gasteiger partial charge < -0.3 is 5.11 Å². The highest BCUT2D eigenvalue weighted by Gasteiger charge is 2.17. The Hall–Kier alpha value is -0.160. The zero-order chi connectivity index (χ0) is 12.6. The van der Waals surface area contributed by atoms with Crippen LogP contribution in [0.25, 0.3) is 0 Å². The fourth-order valence-corrected chi connectivity index (χ4v) is 3.64. The van der Waals surface area contributed by atoms with Gasteiger partial charge in [-0.3, -0.25) is 0 Å². The van der Waals surface area contributed by atoms with Crippen LogP contribution in [0.15, 0.2) is 33.2 Å². The van der Waals surface area contributed by atoms with E-state index in [4.69, 9.17) is 0 Å². The summed E-state index contributed by atoms with van der Waals surface area (Å²) in [4.78, 5) is 2.15. The van der Waals surface area contributed by atoms with E-state index in [1.54, 1.807) is 11.3 Å². The van der Waals surface area contributed by atoms with Crippen LogP contribution in [0.4, 0.5) is 0 Å². The third kappa shape index (κ3) is 2.65. The standard InChI is InChI=1S/C13H12Br2OS/c1-7-9(4-3-5-10(7)14)13(16)12-6-11(15)8(2)17-12/h3-6,13,16H,1-2H3.